The number of anilines is 1. The highest BCUT2D eigenvalue weighted by molar-refractivity contribution is 7.80. The monoisotopic (exact) mass is 405 g/mol. The van der Waals surface area contributed by atoms with E-state index in [2.05, 4.69) is 32.5 Å². The molecule has 2 aromatic carbocycles. The number of benzene rings is 2. The topological polar surface area (TPSA) is 56.9 Å². The molecule has 5 nitrogen and oxygen atoms in total. The van der Waals surface area contributed by atoms with Gasteiger partial charge in [0, 0.05) is 37.7 Å². The molecule has 0 radical (unpaired) electrons. The minimum Gasteiger partial charge on any atom is -0.375 e. The molecule has 142 valence electrons. The number of hydrogen-bond acceptors (Lipinski definition) is 4. The highest BCUT2D eigenvalue weighted by Gasteiger charge is 2.19. The Bertz CT molecular complexity index is 819. The second-order valence-electron chi connectivity index (χ2n) is 6.33. The van der Waals surface area contributed by atoms with E-state index in [0.29, 0.717) is 11.3 Å². The van der Waals surface area contributed by atoms with Crippen LogP contribution in [0.2, 0.25) is 5.02 Å². The van der Waals surface area contributed by atoms with Crippen LogP contribution in [-0.4, -0.2) is 42.4 Å². The Hall–Kier alpha value is -2.22. The number of nitrogens with zero attached hydrogens (tertiary/aromatic N) is 3. The van der Waals surface area contributed by atoms with E-state index in [9.17, 15) is 4.39 Å². The first-order valence-corrected chi connectivity index (χ1v) is 9.40. The van der Waals surface area contributed by atoms with Crippen molar-refractivity contribution in [2.75, 3.05) is 31.1 Å². The van der Waals surface area contributed by atoms with Gasteiger partial charge in [-0.2, -0.15) is 5.10 Å². The van der Waals surface area contributed by atoms with Crippen LogP contribution in [0.3, 0.4) is 0 Å². The number of hydrazone groups is 1. The van der Waals surface area contributed by atoms with Crippen LogP contribution in [0.25, 0.3) is 0 Å². The molecule has 3 N–H and O–H groups in total. The maximum atomic E-state index is 14.5. The lowest BCUT2D eigenvalue weighted by atomic mass is 10.1. The van der Waals surface area contributed by atoms with Gasteiger partial charge < -0.3 is 10.6 Å². The van der Waals surface area contributed by atoms with E-state index in [4.69, 9.17) is 17.3 Å². The summed E-state index contributed by atoms with van der Waals surface area (Å²) in [4.78, 5) is 4.43. The van der Waals surface area contributed by atoms with Gasteiger partial charge in [-0.3, -0.25) is 10.3 Å². The smallest absolute Gasteiger partial charge is 0.184 e. The molecule has 0 atom stereocenters. The van der Waals surface area contributed by atoms with E-state index in [1.54, 1.807) is 6.07 Å². The molecular formula is C19H21ClFN5S. The maximum Gasteiger partial charge on any atom is 0.184 e. The van der Waals surface area contributed by atoms with Crippen molar-refractivity contribution in [2.24, 2.45) is 10.8 Å². The quantitative estimate of drug-likeness (QED) is 0.455. The highest BCUT2D eigenvalue weighted by Crippen LogP contribution is 2.22. The molecular weight excluding hydrogens is 385 g/mol. The largest absolute Gasteiger partial charge is 0.375 e. The SMILES string of the molecule is NC(=S)NN=Cc1ccc(N2CCN(Cc3ccc(Cl)cc3)CC2)c(F)c1. The minimum absolute atomic E-state index is 0.0693. The van der Waals surface area contributed by atoms with Crippen molar-refractivity contribution in [3.8, 4) is 0 Å². The van der Waals surface area contributed by atoms with Gasteiger partial charge in [0.15, 0.2) is 5.11 Å². The van der Waals surface area contributed by atoms with Crippen LogP contribution in [0.5, 0.6) is 0 Å². The molecule has 0 spiro atoms. The molecule has 1 heterocycles. The fourth-order valence-corrected chi connectivity index (χ4v) is 3.20. The molecule has 8 heteroatoms. The molecule has 0 aromatic heterocycles. The fourth-order valence-electron chi connectivity index (χ4n) is 3.03. The lowest BCUT2D eigenvalue weighted by Crippen LogP contribution is -2.46. The predicted molar refractivity (Wildman–Crippen MR) is 113 cm³/mol. The number of rotatable bonds is 5. The Morgan fingerprint density at radius 1 is 1.19 bits per heavy atom. The lowest BCUT2D eigenvalue weighted by molar-refractivity contribution is 0.249. The molecule has 0 saturated carbocycles. The zero-order valence-corrected chi connectivity index (χ0v) is 16.3. The van der Waals surface area contributed by atoms with Crippen molar-refractivity contribution in [2.45, 2.75) is 6.54 Å². The van der Waals surface area contributed by atoms with E-state index in [1.807, 2.05) is 30.3 Å². The molecule has 0 unspecified atom stereocenters. The zero-order chi connectivity index (χ0) is 19.2. The summed E-state index contributed by atoms with van der Waals surface area (Å²) >= 11 is 10.6. The number of piperazine rings is 1. The first-order valence-electron chi connectivity index (χ1n) is 8.61. The third-order valence-corrected chi connectivity index (χ3v) is 4.74. The van der Waals surface area contributed by atoms with Crippen molar-refractivity contribution < 1.29 is 4.39 Å². The summed E-state index contributed by atoms with van der Waals surface area (Å²) in [5.41, 5.74) is 10.2. The number of nitrogens with two attached hydrogens (primary N) is 1. The number of thiocarbonyl (C=S) groups is 1. The normalized spacial score (nSPS) is 15.3. The highest BCUT2D eigenvalue weighted by atomic mass is 35.5. The summed E-state index contributed by atoms with van der Waals surface area (Å²) in [5.74, 6) is -0.263. The summed E-state index contributed by atoms with van der Waals surface area (Å²) in [5, 5.41) is 4.66. The second kappa shape index (κ2) is 9.12. The molecule has 0 aliphatic carbocycles. The Morgan fingerprint density at radius 2 is 1.89 bits per heavy atom. The molecule has 27 heavy (non-hydrogen) atoms. The van der Waals surface area contributed by atoms with Gasteiger partial charge >= 0.3 is 0 Å². The molecule has 0 bridgehead atoms. The Morgan fingerprint density at radius 3 is 2.52 bits per heavy atom. The van der Waals surface area contributed by atoms with Gasteiger partial charge in [0.25, 0.3) is 0 Å². The molecule has 2 aromatic rings. The van der Waals surface area contributed by atoms with Crippen LogP contribution in [0.15, 0.2) is 47.6 Å². The number of nitrogens with one attached hydrogen (secondary N) is 1. The maximum absolute atomic E-state index is 14.5. The van der Waals surface area contributed by atoms with Gasteiger partial charge in [-0.25, -0.2) is 4.39 Å². The van der Waals surface area contributed by atoms with E-state index in [0.717, 1.165) is 37.7 Å². The third-order valence-electron chi connectivity index (χ3n) is 4.39. The summed E-state index contributed by atoms with van der Waals surface area (Å²) in [7, 11) is 0. The van der Waals surface area contributed by atoms with Gasteiger partial charge in [0.05, 0.1) is 11.9 Å². The van der Waals surface area contributed by atoms with Gasteiger partial charge in [-0.15, -0.1) is 0 Å². The summed E-state index contributed by atoms with van der Waals surface area (Å²) < 4.78 is 14.5. The molecule has 3 rings (SSSR count). The number of halogens is 2. The van der Waals surface area contributed by atoms with Crippen LogP contribution in [0, 0.1) is 5.82 Å². The number of hydrogen-bond donors (Lipinski definition) is 2. The van der Waals surface area contributed by atoms with E-state index in [-0.39, 0.29) is 10.9 Å². The van der Waals surface area contributed by atoms with Gasteiger partial charge in [-0.05, 0) is 47.6 Å². The van der Waals surface area contributed by atoms with Crippen molar-refractivity contribution in [1.82, 2.24) is 10.3 Å². The van der Waals surface area contributed by atoms with Crippen LogP contribution >= 0.6 is 23.8 Å². The Labute approximate surface area is 168 Å². The zero-order valence-electron chi connectivity index (χ0n) is 14.7. The van der Waals surface area contributed by atoms with Crippen molar-refractivity contribution in [3.05, 3.63) is 64.4 Å². The Kier molecular flexibility index (Phi) is 6.60. The second-order valence-corrected chi connectivity index (χ2v) is 7.21. The fraction of sp³-hybridized carbons (Fsp3) is 0.263. The van der Waals surface area contributed by atoms with Crippen LogP contribution < -0.4 is 16.1 Å². The van der Waals surface area contributed by atoms with Crippen LogP contribution in [0.4, 0.5) is 10.1 Å². The summed E-state index contributed by atoms with van der Waals surface area (Å²) in [6, 6.07) is 13.0. The van der Waals surface area contributed by atoms with E-state index < -0.39 is 0 Å². The molecule has 1 aliphatic rings. The van der Waals surface area contributed by atoms with Crippen molar-refractivity contribution in [3.63, 3.8) is 0 Å². The van der Waals surface area contributed by atoms with Gasteiger partial charge in [0.2, 0.25) is 0 Å². The minimum atomic E-state index is -0.263. The predicted octanol–water partition coefficient (Wildman–Crippen LogP) is 2.97. The molecule has 1 fully saturated rings. The molecule has 1 saturated heterocycles. The van der Waals surface area contributed by atoms with Crippen molar-refractivity contribution in [1.29, 1.82) is 0 Å². The van der Waals surface area contributed by atoms with E-state index >= 15 is 0 Å². The van der Waals surface area contributed by atoms with Crippen LogP contribution in [-0.2, 0) is 6.54 Å². The van der Waals surface area contributed by atoms with Crippen molar-refractivity contribution >= 4 is 40.8 Å². The molecule has 1 aliphatic heterocycles. The first-order chi connectivity index (χ1) is 13.0. The van der Waals surface area contributed by atoms with E-state index in [1.165, 1.54) is 17.8 Å². The lowest BCUT2D eigenvalue weighted by Gasteiger charge is -2.36. The standard InChI is InChI=1S/C19H21ClFN5S/c20-16-4-1-14(2-5-16)13-25-7-9-26(10-8-25)18-6-3-15(11-17(18)21)12-23-24-19(22)27/h1-6,11-12H,7-10,13H2,(H3,22,24,27). The third kappa shape index (κ3) is 5.63. The molecule has 0 amide bonds. The first kappa shape index (κ1) is 19.5. The summed E-state index contributed by atoms with van der Waals surface area (Å²) in [6.45, 7) is 4.19. The van der Waals surface area contributed by atoms with Crippen LogP contribution in [0.1, 0.15) is 11.1 Å². The average Bonchev–Trinajstić information content (AvgIpc) is 2.64. The van der Waals surface area contributed by atoms with Gasteiger partial charge in [0.1, 0.15) is 5.82 Å². The summed E-state index contributed by atoms with van der Waals surface area (Å²) in [6.07, 6.45) is 1.48. The van der Waals surface area contributed by atoms with Gasteiger partial charge in [-0.1, -0.05) is 29.8 Å². The Balaban J connectivity index is 1.56. The average molecular weight is 406 g/mol.